The van der Waals surface area contributed by atoms with Gasteiger partial charge in [0, 0.05) is 11.3 Å². The van der Waals surface area contributed by atoms with Crippen LogP contribution in [0, 0.1) is 0 Å². The Balaban J connectivity index is 1.59. The minimum Gasteiger partial charge on any atom is -0.496 e. The minimum absolute atomic E-state index is 0.127. The van der Waals surface area contributed by atoms with Crippen molar-refractivity contribution in [2.24, 2.45) is 0 Å². The highest BCUT2D eigenvalue weighted by atomic mass is 32.2. The van der Waals surface area contributed by atoms with Crippen molar-refractivity contribution in [2.75, 3.05) is 7.11 Å². The molecule has 0 saturated heterocycles. The largest absolute Gasteiger partial charge is 0.496 e. The van der Waals surface area contributed by atoms with Crippen molar-refractivity contribution < 1.29 is 29.6 Å². The molecule has 3 N–H and O–H groups in total. The molecule has 0 spiro atoms. The van der Waals surface area contributed by atoms with Crippen molar-refractivity contribution in [1.29, 1.82) is 0 Å². The quantitative estimate of drug-likeness (QED) is 0.156. The number of hydrogen-bond donors (Lipinski definition) is 3. The van der Waals surface area contributed by atoms with Gasteiger partial charge in [-0.05, 0) is 60.6 Å². The Kier molecular flexibility index (Phi) is 12.4. The first kappa shape index (κ1) is 30.3. The lowest BCUT2D eigenvalue weighted by Crippen LogP contribution is -2.26. The molecule has 3 rings (SSSR count). The number of unbranched alkanes of at least 4 members (excludes halogenated alkanes) is 5. The van der Waals surface area contributed by atoms with Crippen molar-refractivity contribution in [1.82, 2.24) is 0 Å². The van der Waals surface area contributed by atoms with Crippen LogP contribution in [0.25, 0.3) is 0 Å². The van der Waals surface area contributed by atoms with E-state index in [2.05, 4.69) is 24.3 Å². The predicted molar refractivity (Wildman–Crippen MR) is 156 cm³/mol. The second kappa shape index (κ2) is 16.0. The van der Waals surface area contributed by atoms with Crippen molar-refractivity contribution in [3.63, 3.8) is 0 Å². The van der Waals surface area contributed by atoms with Crippen molar-refractivity contribution in [2.45, 2.75) is 68.5 Å². The first-order chi connectivity index (χ1) is 18.9. The van der Waals surface area contributed by atoms with Gasteiger partial charge in [-0.25, -0.2) is 9.59 Å². The number of aliphatic carboxylic acids is 1. The van der Waals surface area contributed by atoms with E-state index in [-0.39, 0.29) is 11.3 Å². The number of aliphatic hydroxyl groups is 1. The molecule has 0 aliphatic heterocycles. The SMILES string of the molecule is COc1ccc(C(=O)O)cc1CSC(c1ccccc1CCCCCCCCc1ccccc1)C(O)C(=O)O. The molecule has 2 atom stereocenters. The van der Waals surface area contributed by atoms with E-state index in [0.717, 1.165) is 43.2 Å². The molecule has 0 heterocycles. The average molecular weight is 551 g/mol. The number of ether oxygens (including phenoxy) is 1. The molecule has 0 fully saturated rings. The fourth-order valence-corrected chi connectivity index (χ4v) is 6.01. The van der Waals surface area contributed by atoms with Gasteiger partial charge >= 0.3 is 11.9 Å². The third kappa shape index (κ3) is 9.44. The van der Waals surface area contributed by atoms with Crippen LogP contribution in [0.15, 0.2) is 72.8 Å². The summed E-state index contributed by atoms with van der Waals surface area (Å²) in [5, 5.41) is 28.9. The summed E-state index contributed by atoms with van der Waals surface area (Å²) in [4.78, 5) is 23.3. The smallest absolute Gasteiger partial charge is 0.335 e. The summed E-state index contributed by atoms with van der Waals surface area (Å²) in [5.74, 6) is -1.53. The Morgan fingerprint density at radius 2 is 1.44 bits per heavy atom. The highest BCUT2D eigenvalue weighted by Gasteiger charge is 2.29. The van der Waals surface area contributed by atoms with Crippen LogP contribution in [-0.2, 0) is 23.4 Å². The van der Waals surface area contributed by atoms with Crippen molar-refractivity contribution in [3.05, 3.63) is 101 Å². The number of benzene rings is 3. The van der Waals surface area contributed by atoms with E-state index in [1.807, 2.05) is 30.3 Å². The average Bonchev–Trinajstić information content (AvgIpc) is 2.95. The third-order valence-corrected chi connectivity index (χ3v) is 8.20. The van der Waals surface area contributed by atoms with E-state index in [1.54, 1.807) is 6.07 Å². The Morgan fingerprint density at radius 3 is 2.10 bits per heavy atom. The second-order valence-electron chi connectivity index (χ2n) is 9.65. The normalized spacial score (nSPS) is 12.6. The Morgan fingerprint density at radius 1 is 0.795 bits per heavy atom. The van der Waals surface area contributed by atoms with Crippen molar-refractivity contribution >= 4 is 23.7 Å². The van der Waals surface area contributed by atoms with Gasteiger partial charge in [0.2, 0.25) is 0 Å². The van der Waals surface area contributed by atoms with Crippen LogP contribution < -0.4 is 4.74 Å². The standard InChI is InChI=1S/C32H38O6S/c1-38-28-20-19-25(31(34)35)21-26(28)22-39-30(29(33)32(36)37)27-18-12-11-17-24(27)16-10-5-3-2-4-7-13-23-14-8-6-9-15-23/h6,8-9,11-12,14-15,17-21,29-30,33H,2-5,7,10,13,16,22H2,1H3,(H,34,35)(H,36,37). The summed E-state index contributed by atoms with van der Waals surface area (Å²) in [6.45, 7) is 0. The topological polar surface area (TPSA) is 104 Å². The molecular weight excluding hydrogens is 512 g/mol. The Hall–Kier alpha value is -3.29. The lowest BCUT2D eigenvalue weighted by molar-refractivity contribution is -0.146. The fraction of sp³-hybridized carbons (Fsp3) is 0.375. The summed E-state index contributed by atoms with van der Waals surface area (Å²) in [6.07, 6.45) is 7.17. The molecule has 6 nitrogen and oxygen atoms in total. The highest BCUT2D eigenvalue weighted by Crippen LogP contribution is 2.39. The van der Waals surface area contributed by atoms with E-state index in [9.17, 15) is 24.9 Å². The van der Waals surface area contributed by atoms with E-state index >= 15 is 0 Å². The van der Waals surface area contributed by atoms with Gasteiger partial charge in [-0.2, -0.15) is 0 Å². The van der Waals surface area contributed by atoms with Crippen LogP contribution in [0.5, 0.6) is 5.75 Å². The maximum absolute atomic E-state index is 11.8. The lowest BCUT2D eigenvalue weighted by Gasteiger charge is -2.23. The number of thioether (sulfide) groups is 1. The lowest BCUT2D eigenvalue weighted by atomic mass is 9.96. The first-order valence-electron chi connectivity index (χ1n) is 13.4. The summed E-state index contributed by atoms with van der Waals surface area (Å²) >= 11 is 1.28. The van der Waals surface area contributed by atoms with Crippen LogP contribution in [0.4, 0.5) is 0 Å². The van der Waals surface area contributed by atoms with Crippen LogP contribution in [0.2, 0.25) is 0 Å². The number of rotatable bonds is 17. The molecular formula is C32H38O6S. The molecule has 0 bridgehead atoms. The van der Waals surface area contributed by atoms with E-state index < -0.39 is 23.3 Å². The zero-order valence-corrected chi connectivity index (χ0v) is 23.2. The first-order valence-corrected chi connectivity index (χ1v) is 14.5. The van der Waals surface area contributed by atoms with Gasteiger partial charge in [0.1, 0.15) is 5.75 Å². The molecule has 208 valence electrons. The highest BCUT2D eigenvalue weighted by molar-refractivity contribution is 7.98. The maximum atomic E-state index is 11.8. The summed E-state index contributed by atoms with van der Waals surface area (Å²) < 4.78 is 5.39. The second-order valence-corrected chi connectivity index (χ2v) is 10.8. The van der Waals surface area contributed by atoms with Crippen LogP contribution in [-0.4, -0.2) is 40.5 Å². The summed E-state index contributed by atoms with van der Waals surface area (Å²) in [6, 6.07) is 22.8. The molecule has 39 heavy (non-hydrogen) atoms. The van der Waals surface area contributed by atoms with Gasteiger partial charge in [-0.1, -0.05) is 80.3 Å². The molecule has 0 aliphatic carbocycles. The molecule has 0 amide bonds. The number of hydrogen-bond acceptors (Lipinski definition) is 5. The molecule has 3 aromatic carbocycles. The van der Waals surface area contributed by atoms with Gasteiger partial charge in [-0.15, -0.1) is 11.8 Å². The van der Waals surface area contributed by atoms with Crippen LogP contribution >= 0.6 is 11.8 Å². The van der Waals surface area contributed by atoms with E-state index in [1.165, 1.54) is 55.8 Å². The Bertz CT molecular complexity index is 1200. The monoisotopic (exact) mass is 550 g/mol. The van der Waals surface area contributed by atoms with Crippen LogP contribution in [0.1, 0.15) is 76.4 Å². The maximum Gasteiger partial charge on any atom is 0.335 e. The van der Waals surface area contributed by atoms with Crippen LogP contribution in [0.3, 0.4) is 0 Å². The van der Waals surface area contributed by atoms with Gasteiger partial charge in [-0.3, -0.25) is 0 Å². The number of methoxy groups -OCH3 is 1. The molecule has 7 heteroatoms. The van der Waals surface area contributed by atoms with Gasteiger partial charge in [0.05, 0.1) is 17.9 Å². The minimum atomic E-state index is -1.60. The number of carboxylic acids is 2. The number of aryl methyl sites for hydroxylation is 2. The summed E-state index contributed by atoms with van der Waals surface area (Å²) in [5.41, 5.74) is 3.98. The molecule has 0 aromatic heterocycles. The van der Waals surface area contributed by atoms with Gasteiger partial charge in [0.15, 0.2) is 6.10 Å². The number of aliphatic hydroxyl groups excluding tert-OH is 1. The fourth-order valence-electron chi connectivity index (χ4n) is 4.72. The number of aromatic carboxylic acids is 1. The van der Waals surface area contributed by atoms with Gasteiger partial charge in [0.25, 0.3) is 0 Å². The molecule has 0 saturated carbocycles. The predicted octanol–water partition coefficient (Wildman–Crippen LogP) is 6.94. The Labute approximate surface area is 235 Å². The summed E-state index contributed by atoms with van der Waals surface area (Å²) in [7, 11) is 1.51. The molecule has 2 unspecified atom stereocenters. The van der Waals surface area contributed by atoms with Gasteiger partial charge < -0.3 is 20.1 Å². The molecule has 0 aliphatic rings. The third-order valence-electron chi connectivity index (χ3n) is 6.85. The van der Waals surface area contributed by atoms with E-state index in [4.69, 9.17) is 4.74 Å². The number of carbonyl (C=O) groups is 2. The zero-order chi connectivity index (χ0) is 28.0. The van der Waals surface area contributed by atoms with Crippen molar-refractivity contribution in [3.8, 4) is 5.75 Å². The number of carboxylic acid groups (broad SMARTS) is 2. The zero-order valence-electron chi connectivity index (χ0n) is 22.4. The molecule has 3 aromatic rings. The van der Waals surface area contributed by atoms with E-state index in [0.29, 0.717) is 11.3 Å². The molecule has 0 radical (unpaired) electrons.